The molecule has 3 rings (SSSR count). The number of carbonyl (C=O) groups excluding carboxylic acids is 2. The number of alkyl carbamates (subject to hydrolysis) is 1. The molecule has 5 heteroatoms. The molecule has 1 fully saturated rings. The van der Waals surface area contributed by atoms with Gasteiger partial charge in [-0.05, 0) is 29.0 Å². The van der Waals surface area contributed by atoms with Crippen LogP contribution in [0.4, 0.5) is 4.79 Å². The second-order valence-electron chi connectivity index (χ2n) is 7.79. The highest BCUT2D eigenvalue weighted by atomic mass is 16.5. The van der Waals surface area contributed by atoms with Gasteiger partial charge in [0.1, 0.15) is 6.61 Å². The summed E-state index contributed by atoms with van der Waals surface area (Å²) in [6.45, 7) is 5.05. The van der Waals surface area contributed by atoms with Gasteiger partial charge in [0.2, 0.25) is 5.91 Å². The third-order valence-corrected chi connectivity index (χ3v) is 5.41. The van der Waals surface area contributed by atoms with Crippen molar-refractivity contribution >= 4 is 12.0 Å². The van der Waals surface area contributed by atoms with Crippen LogP contribution in [-0.4, -0.2) is 30.5 Å². The molecule has 0 radical (unpaired) electrons. The minimum Gasteiger partial charge on any atom is -0.445 e. The van der Waals surface area contributed by atoms with Crippen LogP contribution in [0.5, 0.6) is 0 Å². The number of piperidine rings is 1. The summed E-state index contributed by atoms with van der Waals surface area (Å²) < 4.78 is 5.44. The molecule has 5 nitrogen and oxygen atoms in total. The third kappa shape index (κ3) is 4.53. The molecule has 1 atom stereocenters. The van der Waals surface area contributed by atoms with Gasteiger partial charge in [0, 0.05) is 13.6 Å². The molecular weight excluding hydrogens is 352 g/mol. The Bertz CT molecular complexity index is 835. The first-order chi connectivity index (χ1) is 13.4. The van der Waals surface area contributed by atoms with Crippen LogP contribution >= 0.6 is 0 Å². The van der Waals surface area contributed by atoms with Crippen LogP contribution in [0, 0.1) is 0 Å². The molecule has 1 aliphatic heterocycles. The number of ether oxygens (including phenoxy) is 1. The summed E-state index contributed by atoms with van der Waals surface area (Å²) >= 11 is 0. The molecule has 0 aliphatic carbocycles. The predicted molar refractivity (Wildman–Crippen MR) is 109 cm³/mol. The first kappa shape index (κ1) is 19.9. The van der Waals surface area contributed by atoms with Crippen molar-refractivity contribution in [2.24, 2.45) is 0 Å². The van der Waals surface area contributed by atoms with Crippen molar-refractivity contribution < 1.29 is 14.3 Å². The molecule has 148 valence electrons. The van der Waals surface area contributed by atoms with Gasteiger partial charge in [0.05, 0.1) is 12.0 Å². The minimum absolute atomic E-state index is 0.0181. The first-order valence-electron chi connectivity index (χ1n) is 9.73. The monoisotopic (exact) mass is 380 g/mol. The highest BCUT2D eigenvalue weighted by Crippen LogP contribution is 2.35. The molecule has 2 aromatic rings. The van der Waals surface area contributed by atoms with E-state index in [0.29, 0.717) is 18.9 Å². The lowest BCUT2D eigenvalue weighted by Crippen LogP contribution is -2.54. The van der Waals surface area contributed by atoms with Gasteiger partial charge in [0.15, 0.2) is 0 Å². The molecule has 1 aliphatic rings. The normalized spacial score (nSPS) is 19.6. The molecule has 0 spiro atoms. The quantitative estimate of drug-likeness (QED) is 0.846. The molecular formula is C23H28N2O3. The van der Waals surface area contributed by atoms with Crippen LogP contribution in [0.2, 0.25) is 0 Å². The van der Waals surface area contributed by atoms with Gasteiger partial charge >= 0.3 is 6.09 Å². The summed E-state index contributed by atoms with van der Waals surface area (Å²) in [7, 11) is 1.80. The number of likely N-dealkylation sites (tertiary alicyclic amines) is 1. The van der Waals surface area contributed by atoms with Crippen molar-refractivity contribution in [3.8, 4) is 0 Å². The van der Waals surface area contributed by atoms with E-state index in [0.717, 1.165) is 11.1 Å². The summed E-state index contributed by atoms with van der Waals surface area (Å²) in [6.07, 6.45) is 0.374. The van der Waals surface area contributed by atoms with E-state index in [1.165, 1.54) is 5.56 Å². The summed E-state index contributed by atoms with van der Waals surface area (Å²) in [4.78, 5) is 26.8. The van der Waals surface area contributed by atoms with Crippen molar-refractivity contribution in [1.29, 1.82) is 0 Å². The van der Waals surface area contributed by atoms with E-state index in [-0.39, 0.29) is 18.9 Å². The van der Waals surface area contributed by atoms with Gasteiger partial charge < -0.3 is 15.0 Å². The summed E-state index contributed by atoms with van der Waals surface area (Å²) in [5, 5.41) is 3.03. The van der Waals surface area contributed by atoms with Crippen LogP contribution in [0.25, 0.3) is 0 Å². The fraction of sp³-hybridized carbons (Fsp3) is 0.391. The molecule has 2 aromatic carbocycles. The Labute approximate surface area is 166 Å². The first-order valence-corrected chi connectivity index (χ1v) is 9.73. The molecule has 0 aromatic heterocycles. The maximum absolute atomic E-state index is 12.6. The Morgan fingerprint density at radius 2 is 1.93 bits per heavy atom. The van der Waals surface area contributed by atoms with E-state index in [2.05, 4.69) is 31.3 Å². The van der Waals surface area contributed by atoms with Crippen LogP contribution in [0.1, 0.15) is 49.3 Å². The van der Waals surface area contributed by atoms with Gasteiger partial charge in [-0.15, -0.1) is 0 Å². The Kier molecular flexibility index (Phi) is 6.02. The molecule has 1 saturated heterocycles. The number of nitrogens with zero attached hydrogens (tertiary/aromatic N) is 1. The van der Waals surface area contributed by atoms with Crippen molar-refractivity contribution in [3.05, 3.63) is 71.3 Å². The number of hydrogen-bond donors (Lipinski definition) is 1. The van der Waals surface area contributed by atoms with E-state index in [9.17, 15) is 9.59 Å². The molecule has 1 unspecified atom stereocenters. The van der Waals surface area contributed by atoms with Gasteiger partial charge in [-0.1, -0.05) is 68.4 Å². The molecule has 0 saturated carbocycles. The zero-order valence-electron chi connectivity index (χ0n) is 16.8. The number of carbonyl (C=O) groups is 2. The van der Waals surface area contributed by atoms with Gasteiger partial charge in [-0.2, -0.15) is 0 Å². The van der Waals surface area contributed by atoms with E-state index < -0.39 is 11.6 Å². The van der Waals surface area contributed by atoms with Crippen molar-refractivity contribution in [1.82, 2.24) is 10.2 Å². The van der Waals surface area contributed by atoms with Crippen molar-refractivity contribution in [2.45, 2.75) is 44.8 Å². The topological polar surface area (TPSA) is 58.6 Å². The van der Waals surface area contributed by atoms with Crippen LogP contribution in [-0.2, 0) is 21.7 Å². The largest absolute Gasteiger partial charge is 0.445 e. The maximum Gasteiger partial charge on any atom is 0.408 e. The molecule has 1 heterocycles. The Morgan fingerprint density at radius 1 is 1.18 bits per heavy atom. The van der Waals surface area contributed by atoms with Crippen LogP contribution < -0.4 is 5.32 Å². The minimum atomic E-state index is -0.748. The lowest BCUT2D eigenvalue weighted by Gasteiger charge is -2.41. The molecule has 2 amide bonds. The zero-order valence-corrected chi connectivity index (χ0v) is 16.8. The second-order valence-corrected chi connectivity index (χ2v) is 7.79. The average molecular weight is 380 g/mol. The van der Waals surface area contributed by atoms with E-state index >= 15 is 0 Å². The zero-order chi connectivity index (χ0) is 20.1. The number of hydrogen-bond acceptors (Lipinski definition) is 3. The summed E-state index contributed by atoms with van der Waals surface area (Å²) in [5.41, 5.74) is 2.31. The van der Waals surface area contributed by atoms with E-state index in [4.69, 9.17) is 4.74 Å². The summed E-state index contributed by atoms with van der Waals surface area (Å²) in [6, 6.07) is 17.7. The SMILES string of the molecule is CC(C)c1cccc(C2(NC(=O)OCc3ccccc3)CCN(C)C(=O)C2)c1. The third-order valence-electron chi connectivity index (χ3n) is 5.41. The number of amides is 2. The smallest absolute Gasteiger partial charge is 0.408 e. The lowest BCUT2D eigenvalue weighted by atomic mass is 9.79. The van der Waals surface area contributed by atoms with Gasteiger partial charge in [-0.25, -0.2) is 4.79 Å². The molecule has 0 bridgehead atoms. The van der Waals surface area contributed by atoms with E-state index in [1.807, 2.05) is 42.5 Å². The fourth-order valence-electron chi connectivity index (χ4n) is 3.54. The Balaban J connectivity index is 1.82. The summed E-state index contributed by atoms with van der Waals surface area (Å²) in [5.74, 6) is 0.383. The average Bonchev–Trinajstić information content (AvgIpc) is 2.70. The standard InChI is InChI=1S/C23H28N2O3/c1-17(2)19-10-7-11-20(14-19)23(12-13-25(3)21(26)15-23)24-22(27)28-16-18-8-5-4-6-9-18/h4-11,14,17H,12-13,15-16H2,1-3H3,(H,24,27). The second kappa shape index (κ2) is 8.46. The number of rotatable bonds is 5. The Morgan fingerprint density at radius 3 is 2.61 bits per heavy atom. The number of nitrogens with one attached hydrogen (secondary N) is 1. The van der Waals surface area contributed by atoms with E-state index in [1.54, 1.807) is 11.9 Å². The fourth-order valence-corrected chi connectivity index (χ4v) is 3.54. The maximum atomic E-state index is 12.6. The number of benzene rings is 2. The Hall–Kier alpha value is -2.82. The van der Waals surface area contributed by atoms with Crippen molar-refractivity contribution in [3.63, 3.8) is 0 Å². The lowest BCUT2D eigenvalue weighted by molar-refractivity contribution is -0.134. The highest BCUT2D eigenvalue weighted by molar-refractivity contribution is 5.80. The molecule has 28 heavy (non-hydrogen) atoms. The highest BCUT2D eigenvalue weighted by Gasteiger charge is 2.41. The predicted octanol–water partition coefficient (Wildman–Crippen LogP) is 4.18. The van der Waals surface area contributed by atoms with Gasteiger partial charge in [0.25, 0.3) is 0 Å². The van der Waals surface area contributed by atoms with Crippen molar-refractivity contribution in [2.75, 3.05) is 13.6 Å². The van der Waals surface area contributed by atoms with Gasteiger partial charge in [-0.3, -0.25) is 4.79 Å². The van der Waals surface area contributed by atoms with Crippen LogP contribution in [0.15, 0.2) is 54.6 Å². The molecule has 1 N–H and O–H groups in total. The van der Waals surface area contributed by atoms with Crippen LogP contribution in [0.3, 0.4) is 0 Å².